The predicted octanol–water partition coefficient (Wildman–Crippen LogP) is 3.10. The van der Waals surface area contributed by atoms with E-state index in [1.165, 1.54) is 0 Å². The number of ketones is 1. The van der Waals surface area contributed by atoms with Crippen molar-refractivity contribution in [3.05, 3.63) is 47.5 Å². The van der Waals surface area contributed by atoms with Gasteiger partial charge in [0.1, 0.15) is 13.2 Å². The topological polar surface area (TPSA) is 54.0 Å². The van der Waals surface area contributed by atoms with Crippen LogP contribution in [0.25, 0.3) is 0 Å². The van der Waals surface area contributed by atoms with Crippen molar-refractivity contribution >= 4 is 5.78 Å². The molecule has 5 nitrogen and oxygen atoms in total. The first-order valence-corrected chi connectivity index (χ1v) is 7.48. The molecule has 0 unspecified atom stereocenters. The minimum Gasteiger partial charge on any atom is -0.493 e. The van der Waals surface area contributed by atoms with Crippen molar-refractivity contribution in [1.82, 2.24) is 0 Å². The van der Waals surface area contributed by atoms with Gasteiger partial charge in [0.2, 0.25) is 0 Å². The molecule has 3 rings (SSSR count). The molecule has 0 radical (unpaired) electrons. The molecule has 0 aromatic heterocycles. The van der Waals surface area contributed by atoms with Gasteiger partial charge >= 0.3 is 0 Å². The molecule has 0 fully saturated rings. The number of fused-ring (bicyclic) bond motifs is 1. The van der Waals surface area contributed by atoms with Crippen molar-refractivity contribution in [2.75, 3.05) is 26.9 Å². The smallest absolute Gasteiger partial charge is 0.193 e. The van der Waals surface area contributed by atoms with Crippen LogP contribution >= 0.6 is 0 Å². The van der Waals surface area contributed by atoms with Crippen LogP contribution in [-0.2, 0) is 0 Å². The highest BCUT2D eigenvalue weighted by Crippen LogP contribution is 2.33. The molecule has 0 aliphatic carbocycles. The number of hydrogen-bond donors (Lipinski definition) is 0. The standard InChI is InChI=1S/C18H18O5/c1-3-21-16-10-12(4-6-14(16)20-2)18(19)13-5-7-15-17(11-13)23-9-8-22-15/h4-7,10-11H,3,8-9H2,1-2H3. The van der Waals surface area contributed by atoms with Crippen LogP contribution in [-0.4, -0.2) is 32.7 Å². The average molecular weight is 314 g/mol. The Hall–Kier alpha value is -2.69. The third kappa shape index (κ3) is 3.08. The summed E-state index contributed by atoms with van der Waals surface area (Å²) in [5.74, 6) is 2.31. The van der Waals surface area contributed by atoms with Gasteiger partial charge in [-0.2, -0.15) is 0 Å². The fourth-order valence-corrected chi connectivity index (χ4v) is 2.44. The largest absolute Gasteiger partial charge is 0.493 e. The lowest BCUT2D eigenvalue weighted by molar-refractivity contribution is 0.103. The molecule has 2 aromatic rings. The molecule has 1 aliphatic rings. The fraction of sp³-hybridized carbons (Fsp3) is 0.278. The lowest BCUT2D eigenvalue weighted by Gasteiger charge is -2.18. The van der Waals surface area contributed by atoms with Crippen LogP contribution in [0.2, 0.25) is 0 Å². The molecule has 0 saturated heterocycles. The molecular formula is C18H18O5. The van der Waals surface area contributed by atoms with Crippen LogP contribution in [0.15, 0.2) is 36.4 Å². The van der Waals surface area contributed by atoms with E-state index in [2.05, 4.69) is 0 Å². The van der Waals surface area contributed by atoms with Crippen molar-refractivity contribution in [3.8, 4) is 23.0 Å². The number of carbonyl (C=O) groups excluding carboxylic acids is 1. The summed E-state index contributed by atoms with van der Waals surface area (Å²) in [7, 11) is 1.57. The van der Waals surface area contributed by atoms with Gasteiger partial charge in [0.05, 0.1) is 13.7 Å². The van der Waals surface area contributed by atoms with Gasteiger partial charge in [0.25, 0.3) is 0 Å². The summed E-state index contributed by atoms with van der Waals surface area (Å²) in [5, 5.41) is 0. The van der Waals surface area contributed by atoms with E-state index in [4.69, 9.17) is 18.9 Å². The third-order valence-electron chi connectivity index (χ3n) is 3.53. The molecule has 0 bridgehead atoms. The molecule has 0 saturated carbocycles. The Bertz CT molecular complexity index is 723. The Labute approximate surface area is 134 Å². The molecule has 1 aliphatic heterocycles. The number of carbonyl (C=O) groups is 1. The summed E-state index contributed by atoms with van der Waals surface area (Å²) in [6.45, 7) is 3.39. The second-order valence-corrected chi connectivity index (χ2v) is 4.99. The summed E-state index contributed by atoms with van der Waals surface area (Å²) < 4.78 is 21.8. The molecule has 5 heteroatoms. The molecule has 2 aromatic carbocycles. The lowest BCUT2D eigenvalue weighted by atomic mass is 10.0. The maximum atomic E-state index is 12.7. The normalized spacial score (nSPS) is 12.6. The quantitative estimate of drug-likeness (QED) is 0.794. The van der Waals surface area contributed by atoms with E-state index >= 15 is 0 Å². The lowest BCUT2D eigenvalue weighted by Crippen LogP contribution is -2.16. The molecular weight excluding hydrogens is 296 g/mol. The van der Waals surface area contributed by atoms with E-state index in [-0.39, 0.29) is 5.78 Å². The van der Waals surface area contributed by atoms with E-state index < -0.39 is 0 Å². The molecule has 0 spiro atoms. The van der Waals surface area contributed by atoms with E-state index in [0.717, 1.165) is 0 Å². The van der Waals surface area contributed by atoms with Gasteiger partial charge < -0.3 is 18.9 Å². The number of methoxy groups -OCH3 is 1. The van der Waals surface area contributed by atoms with Crippen LogP contribution in [0.3, 0.4) is 0 Å². The number of benzene rings is 2. The van der Waals surface area contributed by atoms with E-state index in [0.29, 0.717) is 53.9 Å². The van der Waals surface area contributed by atoms with E-state index in [9.17, 15) is 4.79 Å². The van der Waals surface area contributed by atoms with Gasteiger partial charge in [-0.3, -0.25) is 4.79 Å². The summed E-state index contributed by atoms with van der Waals surface area (Å²) in [6.07, 6.45) is 0. The van der Waals surface area contributed by atoms with Crippen LogP contribution < -0.4 is 18.9 Å². The number of hydrogen-bond acceptors (Lipinski definition) is 5. The van der Waals surface area contributed by atoms with Gasteiger partial charge in [0, 0.05) is 11.1 Å². The second-order valence-electron chi connectivity index (χ2n) is 4.99. The monoisotopic (exact) mass is 314 g/mol. The highest BCUT2D eigenvalue weighted by Gasteiger charge is 2.17. The zero-order valence-corrected chi connectivity index (χ0v) is 13.1. The van der Waals surface area contributed by atoms with Crippen LogP contribution in [0.5, 0.6) is 23.0 Å². The number of rotatable bonds is 5. The highest BCUT2D eigenvalue weighted by molar-refractivity contribution is 6.09. The maximum Gasteiger partial charge on any atom is 0.193 e. The first-order valence-electron chi connectivity index (χ1n) is 7.48. The van der Waals surface area contributed by atoms with Gasteiger partial charge in [-0.15, -0.1) is 0 Å². The highest BCUT2D eigenvalue weighted by atomic mass is 16.6. The molecule has 0 atom stereocenters. The zero-order valence-electron chi connectivity index (χ0n) is 13.1. The average Bonchev–Trinajstić information content (AvgIpc) is 2.61. The van der Waals surface area contributed by atoms with Crippen LogP contribution in [0.1, 0.15) is 22.8 Å². The van der Waals surface area contributed by atoms with Crippen LogP contribution in [0.4, 0.5) is 0 Å². The van der Waals surface area contributed by atoms with E-state index in [1.807, 2.05) is 6.92 Å². The molecule has 23 heavy (non-hydrogen) atoms. The summed E-state index contributed by atoms with van der Waals surface area (Å²) in [5.41, 5.74) is 1.08. The van der Waals surface area contributed by atoms with Crippen molar-refractivity contribution in [2.24, 2.45) is 0 Å². The van der Waals surface area contributed by atoms with Gasteiger partial charge in [-0.25, -0.2) is 0 Å². The summed E-state index contributed by atoms with van der Waals surface area (Å²) in [6, 6.07) is 10.4. The van der Waals surface area contributed by atoms with E-state index in [1.54, 1.807) is 43.5 Å². The number of ether oxygens (including phenoxy) is 4. The Kier molecular flexibility index (Phi) is 4.37. The molecule has 0 amide bonds. The van der Waals surface area contributed by atoms with Crippen LogP contribution in [0, 0.1) is 0 Å². The Morgan fingerprint density at radius 1 is 1.00 bits per heavy atom. The van der Waals surface area contributed by atoms with Crippen molar-refractivity contribution in [1.29, 1.82) is 0 Å². The second kappa shape index (κ2) is 6.60. The summed E-state index contributed by atoms with van der Waals surface area (Å²) in [4.78, 5) is 12.7. The Morgan fingerprint density at radius 3 is 2.43 bits per heavy atom. The van der Waals surface area contributed by atoms with Crippen molar-refractivity contribution in [2.45, 2.75) is 6.92 Å². The molecule has 1 heterocycles. The predicted molar refractivity (Wildman–Crippen MR) is 85.0 cm³/mol. The first kappa shape index (κ1) is 15.2. The SMILES string of the molecule is CCOc1cc(C(=O)c2ccc3c(c2)OCCO3)ccc1OC. The van der Waals surface area contributed by atoms with Crippen molar-refractivity contribution in [3.63, 3.8) is 0 Å². The fourth-order valence-electron chi connectivity index (χ4n) is 2.44. The van der Waals surface area contributed by atoms with Crippen molar-refractivity contribution < 1.29 is 23.7 Å². The van der Waals surface area contributed by atoms with Gasteiger partial charge in [-0.1, -0.05) is 0 Å². The third-order valence-corrected chi connectivity index (χ3v) is 3.53. The Balaban J connectivity index is 1.92. The molecule has 120 valence electrons. The minimum absolute atomic E-state index is 0.106. The van der Waals surface area contributed by atoms with Gasteiger partial charge in [0.15, 0.2) is 28.8 Å². The Morgan fingerprint density at radius 2 is 1.70 bits per heavy atom. The first-order chi connectivity index (χ1) is 11.2. The summed E-state index contributed by atoms with van der Waals surface area (Å²) >= 11 is 0. The minimum atomic E-state index is -0.106. The molecule has 0 N–H and O–H groups in total. The maximum absolute atomic E-state index is 12.7. The zero-order chi connectivity index (χ0) is 16.2. The van der Waals surface area contributed by atoms with Gasteiger partial charge in [-0.05, 0) is 43.3 Å².